The predicted octanol–water partition coefficient (Wildman–Crippen LogP) is 7.83. The molecule has 1 aliphatic heterocycles. The van der Waals surface area contributed by atoms with Gasteiger partial charge in [0.1, 0.15) is 5.82 Å². The monoisotopic (exact) mass is 493 g/mol. The van der Waals surface area contributed by atoms with E-state index < -0.39 is 0 Å². The van der Waals surface area contributed by atoms with Crippen LogP contribution in [0.1, 0.15) is 52.0 Å². The zero-order valence-electron chi connectivity index (χ0n) is 22.6. The number of benzene rings is 3. The van der Waals surface area contributed by atoms with Crippen molar-refractivity contribution in [2.75, 3.05) is 31.1 Å². The van der Waals surface area contributed by atoms with Crippen LogP contribution in [0.4, 0.5) is 17.2 Å². The maximum absolute atomic E-state index is 5.17. The van der Waals surface area contributed by atoms with E-state index in [0.29, 0.717) is 5.92 Å². The number of anilines is 1. The van der Waals surface area contributed by atoms with Gasteiger partial charge in [0, 0.05) is 36.3 Å². The number of piperidine rings is 1. The third-order valence-electron chi connectivity index (χ3n) is 6.86. The highest BCUT2D eigenvalue weighted by Crippen LogP contribution is 2.38. The van der Waals surface area contributed by atoms with Crippen molar-refractivity contribution in [2.45, 2.75) is 46.5 Å². The molecule has 1 aromatic heterocycles. The van der Waals surface area contributed by atoms with E-state index in [1.165, 1.54) is 16.3 Å². The first-order chi connectivity index (χ1) is 18.2. The van der Waals surface area contributed by atoms with Crippen molar-refractivity contribution in [3.63, 3.8) is 0 Å². The summed E-state index contributed by atoms with van der Waals surface area (Å²) in [5, 5.41) is 6.66. The van der Waals surface area contributed by atoms with Crippen molar-refractivity contribution in [2.24, 2.45) is 9.98 Å². The molecule has 3 aromatic carbocycles. The molecule has 0 unspecified atom stereocenters. The lowest BCUT2D eigenvalue weighted by Crippen LogP contribution is -2.33. The number of rotatable bonds is 6. The Balaban J connectivity index is 0.000000586. The smallest absolute Gasteiger partial charge is 0.137 e. The molecule has 1 saturated heterocycles. The van der Waals surface area contributed by atoms with Gasteiger partial charge in [0.05, 0.1) is 16.9 Å². The molecule has 1 aliphatic rings. The number of fused-ring (bicyclic) bond motifs is 3. The van der Waals surface area contributed by atoms with Crippen LogP contribution in [0.3, 0.4) is 0 Å². The Bertz CT molecular complexity index is 1350. The highest BCUT2D eigenvalue weighted by atomic mass is 15.2. The second-order valence-electron chi connectivity index (χ2n) is 9.27. The number of aliphatic imine (C=N–C) groups is 2. The van der Waals surface area contributed by atoms with E-state index in [4.69, 9.17) is 4.98 Å². The van der Waals surface area contributed by atoms with E-state index in [0.717, 1.165) is 67.1 Å². The molecule has 5 heteroatoms. The van der Waals surface area contributed by atoms with Gasteiger partial charge in [-0.2, -0.15) is 0 Å². The van der Waals surface area contributed by atoms with Crippen molar-refractivity contribution in [3.05, 3.63) is 72.3 Å². The van der Waals surface area contributed by atoms with Crippen LogP contribution in [0, 0.1) is 0 Å². The first-order valence-electron chi connectivity index (χ1n) is 13.5. The van der Waals surface area contributed by atoms with Gasteiger partial charge in [-0.3, -0.25) is 9.98 Å². The van der Waals surface area contributed by atoms with Crippen molar-refractivity contribution >= 4 is 51.3 Å². The van der Waals surface area contributed by atoms with Crippen molar-refractivity contribution in [1.82, 2.24) is 10.3 Å². The standard InChI is InChI=1S/C28H28N4.C4H11N/c1-3-29-22-10-12-24-25-13-11-23(30-4-2)19-27(25)31-28(26(24)18-22)32-16-14-21(15-17-32)20-8-6-5-7-9-20;1-3-5-4-2/h3-13,18-19,21H,14-17H2,1-2H3;5H,3-4H2,1-2H3. The molecule has 0 atom stereocenters. The lowest BCUT2D eigenvalue weighted by molar-refractivity contribution is 0.504. The van der Waals surface area contributed by atoms with Gasteiger partial charge in [-0.05, 0) is 80.9 Å². The van der Waals surface area contributed by atoms with Gasteiger partial charge in [-0.25, -0.2) is 4.98 Å². The summed E-state index contributed by atoms with van der Waals surface area (Å²) in [4.78, 5) is 16.6. The van der Waals surface area contributed by atoms with Gasteiger partial charge in [-0.1, -0.05) is 56.3 Å². The van der Waals surface area contributed by atoms with Gasteiger partial charge in [0.2, 0.25) is 0 Å². The largest absolute Gasteiger partial charge is 0.356 e. The fourth-order valence-electron chi connectivity index (χ4n) is 5.07. The Morgan fingerprint density at radius 1 is 0.811 bits per heavy atom. The highest BCUT2D eigenvalue weighted by molar-refractivity contribution is 6.11. The minimum atomic E-state index is 0.616. The van der Waals surface area contributed by atoms with Crippen LogP contribution in [0.25, 0.3) is 21.7 Å². The van der Waals surface area contributed by atoms with Crippen molar-refractivity contribution in [1.29, 1.82) is 0 Å². The predicted molar refractivity (Wildman–Crippen MR) is 162 cm³/mol. The quantitative estimate of drug-likeness (QED) is 0.220. The molecule has 0 spiro atoms. The van der Waals surface area contributed by atoms with Gasteiger partial charge in [0.25, 0.3) is 0 Å². The van der Waals surface area contributed by atoms with Crippen LogP contribution in [0.5, 0.6) is 0 Å². The number of hydrogen-bond acceptors (Lipinski definition) is 5. The normalized spacial score (nSPS) is 14.5. The Morgan fingerprint density at radius 2 is 1.43 bits per heavy atom. The van der Waals surface area contributed by atoms with Crippen LogP contribution in [0.15, 0.2) is 76.7 Å². The minimum absolute atomic E-state index is 0.616. The molecule has 0 radical (unpaired) electrons. The molecule has 192 valence electrons. The summed E-state index contributed by atoms with van der Waals surface area (Å²) in [6.45, 7) is 12.3. The Labute approximate surface area is 221 Å². The highest BCUT2D eigenvalue weighted by Gasteiger charge is 2.23. The molecule has 0 bridgehead atoms. The van der Waals surface area contributed by atoms with Crippen molar-refractivity contribution < 1.29 is 0 Å². The third-order valence-corrected chi connectivity index (χ3v) is 6.86. The van der Waals surface area contributed by atoms with Gasteiger partial charge in [-0.15, -0.1) is 0 Å². The summed E-state index contributed by atoms with van der Waals surface area (Å²) in [5.74, 6) is 1.68. The number of aromatic nitrogens is 1. The zero-order valence-corrected chi connectivity index (χ0v) is 22.6. The van der Waals surface area contributed by atoms with Crippen molar-refractivity contribution in [3.8, 4) is 0 Å². The van der Waals surface area contributed by atoms with Crippen LogP contribution in [-0.4, -0.2) is 43.6 Å². The molecule has 0 saturated carbocycles. The third kappa shape index (κ3) is 6.41. The second kappa shape index (κ2) is 13.1. The summed E-state index contributed by atoms with van der Waals surface area (Å²) in [6, 6.07) is 23.6. The molecule has 2 heterocycles. The average molecular weight is 494 g/mol. The lowest BCUT2D eigenvalue weighted by atomic mass is 9.89. The summed E-state index contributed by atoms with van der Waals surface area (Å²) in [7, 11) is 0. The van der Waals surface area contributed by atoms with Crippen LogP contribution in [0.2, 0.25) is 0 Å². The maximum atomic E-state index is 5.17. The number of hydrogen-bond donors (Lipinski definition) is 1. The van der Waals surface area contributed by atoms with E-state index in [-0.39, 0.29) is 0 Å². The van der Waals surface area contributed by atoms with E-state index >= 15 is 0 Å². The summed E-state index contributed by atoms with van der Waals surface area (Å²) >= 11 is 0. The van der Waals surface area contributed by atoms with Gasteiger partial charge >= 0.3 is 0 Å². The van der Waals surface area contributed by atoms with E-state index in [1.807, 2.05) is 26.3 Å². The molecule has 1 N–H and O–H groups in total. The number of pyridine rings is 1. The SMILES string of the molecule is CC=Nc1ccc2c(c1)nc(N1CCC(c3ccccc3)CC1)c1cc(N=CC)ccc12.CCNCC. The number of nitrogens with zero attached hydrogens (tertiary/aromatic N) is 4. The van der Waals surface area contributed by atoms with Crippen LogP contribution >= 0.6 is 0 Å². The first-order valence-corrected chi connectivity index (χ1v) is 13.5. The molecule has 5 nitrogen and oxygen atoms in total. The Kier molecular flexibility index (Phi) is 9.39. The fourth-order valence-corrected chi connectivity index (χ4v) is 5.07. The van der Waals surface area contributed by atoms with E-state index in [9.17, 15) is 0 Å². The fraction of sp³-hybridized carbons (Fsp3) is 0.344. The summed E-state index contributed by atoms with van der Waals surface area (Å²) in [5.41, 5.74) is 4.35. The molecule has 37 heavy (non-hydrogen) atoms. The molecule has 5 rings (SSSR count). The Hall–Kier alpha value is -3.57. The molecule has 1 fully saturated rings. The molecular weight excluding hydrogens is 454 g/mol. The van der Waals surface area contributed by atoms with Gasteiger partial charge < -0.3 is 10.2 Å². The van der Waals surface area contributed by atoms with Gasteiger partial charge in [0.15, 0.2) is 0 Å². The topological polar surface area (TPSA) is 52.9 Å². The summed E-state index contributed by atoms with van der Waals surface area (Å²) in [6.07, 6.45) is 5.94. The second-order valence-corrected chi connectivity index (χ2v) is 9.27. The number of nitrogens with one attached hydrogen (secondary N) is 1. The molecule has 0 aliphatic carbocycles. The zero-order chi connectivity index (χ0) is 26.0. The lowest BCUT2D eigenvalue weighted by Gasteiger charge is -2.34. The molecule has 4 aromatic rings. The first kappa shape index (κ1) is 26.5. The van der Waals surface area contributed by atoms with E-state index in [2.05, 4.69) is 101 Å². The summed E-state index contributed by atoms with van der Waals surface area (Å²) < 4.78 is 0. The van der Waals surface area contributed by atoms with Crippen LogP contribution < -0.4 is 10.2 Å². The Morgan fingerprint density at radius 3 is 2.03 bits per heavy atom. The average Bonchev–Trinajstić information content (AvgIpc) is 2.94. The molecule has 0 amide bonds. The van der Waals surface area contributed by atoms with Crippen LogP contribution in [-0.2, 0) is 0 Å². The van der Waals surface area contributed by atoms with E-state index in [1.54, 1.807) is 0 Å². The molecular formula is C32H39N5. The minimum Gasteiger partial charge on any atom is -0.356 e. The maximum Gasteiger partial charge on any atom is 0.137 e.